The highest BCUT2D eigenvalue weighted by Gasteiger charge is 2.29. The second-order valence-corrected chi connectivity index (χ2v) is 10.8. The number of esters is 1. The van der Waals surface area contributed by atoms with Gasteiger partial charge in [0.1, 0.15) is 24.1 Å². The molecule has 7 nitrogen and oxygen atoms in total. The number of benzene rings is 2. The number of carbonyl (C=O) groups excluding carboxylic acids is 2. The fourth-order valence-electron chi connectivity index (χ4n) is 4.15. The van der Waals surface area contributed by atoms with Gasteiger partial charge in [-0.25, -0.2) is 22.9 Å². The van der Waals surface area contributed by atoms with Crippen molar-refractivity contribution in [1.29, 1.82) is 5.26 Å². The van der Waals surface area contributed by atoms with Crippen molar-refractivity contribution in [2.45, 2.75) is 33.4 Å². The van der Waals surface area contributed by atoms with E-state index in [9.17, 15) is 28.0 Å². The summed E-state index contributed by atoms with van der Waals surface area (Å²) in [5.41, 5.74) is 1.68. The number of methoxy groups -OCH3 is 1. The zero-order valence-electron chi connectivity index (χ0n) is 23.0. The number of carbonyl (C=O) groups is 2. The summed E-state index contributed by atoms with van der Waals surface area (Å²) in [7, 11) is 1.19. The predicted octanol–water partition coefficient (Wildman–Crippen LogP) is 6.59. The summed E-state index contributed by atoms with van der Waals surface area (Å²) >= 11 is 1.03. The molecule has 2 aromatic carbocycles. The minimum absolute atomic E-state index is 0.0359. The van der Waals surface area contributed by atoms with Gasteiger partial charge < -0.3 is 14.8 Å². The van der Waals surface area contributed by atoms with E-state index in [2.05, 4.69) is 16.4 Å². The van der Waals surface area contributed by atoms with Crippen LogP contribution in [0.2, 0.25) is 0 Å². The Morgan fingerprint density at radius 2 is 1.74 bits per heavy atom. The number of amides is 1. The molecular weight excluding hydrogens is 567 g/mol. The number of aromatic nitrogens is 1. The summed E-state index contributed by atoms with van der Waals surface area (Å²) in [4.78, 5) is 31.2. The SMILES string of the molecule is COC(=O)c1c(OCc2ccc(F)cc2)nc(CC(C)C)c(C#N)c1-c1ccc(C(=O)NCc2ccc(F)c(F)c2)s1. The van der Waals surface area contributed by atoms with E-state index in [-0.39, 0.29) is 46.5 Å². The van der Waals surface area contributed by atoms with Crippen molar-refractivity contribution in [1.82, 2.24) is 10.3 Å². The number of nitrogens with one attached hydrogen (secondary N) is 1. The second-order valence-electron chi connectivity index (χ2n) is 9.70. The highest BCUT2D eigenvalue weighted by atomic mass is 32.1. The zero-order valence-corrected chi connectivity index (χ0v) is 23.8. The number of halogens is 3. The van der Waals surface area contributed by atoms with Gasteiger partial charge in [-0.15, -0.1) is 11.3 Å². The van der Waals surface area contributed by atoms with E-state index in [4.69, 9.17) is 9.47 Å². The Hall–Kier alpha value is -4.69. The van der Waals surface area contributed by atoms with Crippen molar-refractivity contribution in [3.05, 3.63) is 105 Å². The van der Waals surface area contributed by atoms with Gasteiger partial charge >= 0.3 is 5.97 Å². The molecule has 11 heteroatoms. The molecule has 0 saturated carbocycles. The molecule has 4 aromatic rings. The van der Waals surface area contributed by atoms with Gasteiger partial charge in [0.2, 0.25) is 5.88 Å². The molecule has 1 amide bonds. The lowest BCUT2D eigenvalue weighted by Gasteiger charge is -2.18. The van der Waals surface area contributed by atoms with Crippen molar-refractivity contribution >= 4 is 23.2 Å². The Kier molecular flexibility index (Phi) is 9.60. The maximum atomic E-state index is 13.6. The van der Waals surface area contributed by atoms with Gasteiger partial charge in [0, 0.05) is 17.0 Å². The third kappa shape index (κ3) is 6.95. The molecule has 0 aliphatic heterocycles. The fourth-order valence-corrected chi connectivity index (χ4v) is 5.13. The van der Waals surface area contributed by atoms with Crippen molar-refractivity contribution < 1.29 is 32.2 Å². The van der Waals surface area contributed by atoms with Gasteiger partial charge in [0.05, 0.1) is 23.2 Å². The van der Waals surface area contributed by atoms with Gasteiger partial charge in [-0.1, -0.05) is 32.0 Å². The normalized spacial score (nSPS) is 10.8. The average Bonchev–Trinajstić information content (AvgIpc) is 3.46. The third-order valence-corrected chi connectivity index (χ3v) is 7.25. The van der Waals surface area contributed by atoms with E-state index in [0.29, 0.717) is 28.1 Å². The van der Waals surface area contributed by atoms with Crippen LogP contribution in [0.15, 0.2) is 54.6 Å². The van der Waals surface area contributed by atoms with Crippen LogP contribution < -0.4 is 10.1 Å². The van der Waals surface area contributed by atoms with E-state index in [1.54, 1.807) is 6.07 Å². The first-order chi connectivity index (χ1) is 20.1. The van der Waals surface area contributed by atoms with E-state index in [1.165, 1.54) is 43.5 Å². The first-order valence-corrected chi connectivity index (χ1v) is 13.7. The smallest absolute Gasteiger partial charge is 0.344 e. The average molecular weight is 594 g/mol. The van der Waals surface area contributed by atoms with Crippen molar-refractivity contribution in [2.24, 2.45) is 5.92 Å². The molecule has 0 aliphatic carbocycles. The molecule has 1 N–H and O–H groups in total. The molecule has 0 aliphatic rings. The van der Waals surface area contributed by atoms with Gasteiger partial charge in [-0.2, -0.15) is 5.26 Å². The van der Waals surface area contributed by atoms with Crippen LogP contribution in [0.25, 0.3) is 10.4 Å². The Balaban J connectivity index is 1.74. The number of hydrogen-bond donors (Lipinski definition) is 1. The quantitative estimate of drug-likeness (QED) is 0.208. The van der Waals surface area contributed by atoms with Crippen LogP contribution in [0.1, 0.15) is 56.3 Å². The highest BCUT2D eigenvalue weighted by Crippen LogP contribution is 2.39. The predicted molar refractivity (Wildman–Crippen MR) is 150 cm³/mol. The fraction of sp³-hybridized carbons (Fsp3) is 0.226. The van der Waals surface area contributed by atoms with E-state index >= 15 is 0 Å². The number of hydrogen-bond acceptors (Lipinski definition) is 7. The van der Waals surface area contributed by atoms with Crippen LogP contribution in [0.5, 0.6) is 5.88 Å². The molecule has 0 spiro atoms. The van der Waals surface area contributed by atoms with Crippen LogP contribution in [0.3, 0.4) is 0 Å². The number of nitrogens with zero attached hydrogens (tertiary/aromatic N) is 2. The van der Waals surface area contributed by atoms with Crippen molar-refractivity contribution in [2.75, 3.05) is 7.11 Å². The van der Waals surface area contributed by atoms with Gasteiger partial charge in [-0.3, -0.25) is 4.79 Å². The van der Waals surface area contributed by atoms with Gasteiger partial charge in [-0.05, 0) is 59.9 Å². The maximum Gasteiger partial charge on any atom is 0.344 e. The molecular formula is C31H26F3N3O4S. The maximum absolute atomic E-state index is 13.6. The summed E-state index contributed by atoms with van der Waals surface area (Å²) in [6.45, 7) is 3.83. The van der Waals surface area contributed by atoms with E-state index < -0.39 is 29.3 Å². The monoisotopic (exact) mass is 593 g/mol. The number of nitriles is 1. The highest BCUT2D eigenvalue weighted by molar-refractivity contribution is 7.17. The van der Waals surface area contributed by atoms with Crippen LogP contribution in [-0.2, 0) is 24.3 Å². The molecule has 4 rings (SSSR count). The molecule has 0 atom stereocenters. The summed E-state index contributed by atoms with van der Waals surface area (Å²) in [5.74, 6) is -3.66. The standard InChI is InChI=1S/C31H26F3N3O4S/c1-17(2)12-24-21(14-35)27(28(31(39)40-3)30(37-24)41-16-18-4-7-20(32)8-5-18)25-10-11-26(42-25)29(38)36-15-19-6-9-22(33)23(34)13-19/h4-11,13,17H,12,15-16H2,1-3H3,(H,36,38). The molecule has 2 aromatic heterocycles. The van der Waals surface area contributed by atoms with Crippen LogP contribution in [0, 0.1) is 34.7 Å². The van der Waals surface area contributed by atoms with Crippen molar-refractivity contribution in [3.63, 3.8) is 0 Å². The second kappa shape index (κ2) is 13.3. The lowest BCUT2D eigenvalue weighted by atomic mass is 9.95. The zero-order chi connectivity index (χ0) is 30.4. The molecule has 0 radical (unpaired) electrons. The Labute approximate surface area is 244 Å². The Morgan fingerprint density at radius 3 is 2.38 bits per heavy atom. The summed E-state index contributed by atoms with van der Waals surface area (Å²) < 4.78 is 51.2. The minimum Gasteiger partial charge on any atom is -0.472 e. The van der Waals surface area contributed by atoms with E-state index in [0.717, 1.165) is 23.5 Å². The molecule has 42 heavy (non-hydrogen) atoms. The Bertz CT molecular complexity index is 1660. The summed E-state index contributed by atoms with van der Waals surface area (Å²) in [5, 5.41) is 12.9. The number of pyridine rings is 1. The largest absolute Gasteiger partial charge is 0.472 e. The number of thiophene rings is 1. The van der Waals surface area contributed by atoms with Gasteiger partial charge in [0.25, 0.3) is 5.91 Å². The van der Waals surface area contributed by atoms with Crippen LogP contribution in [0.4, 0.5) is 13.2 Å². The molecule has 0 fully saturated rings. The summed E-state index contributed by atoms with van der Waals surface area (Å²) in [6, 6.07) is 14.3. The minimum atomic E-state index is -1.02. The van der Waals surface area contributed by atoms with Gasteiger partial charge in [0.15, 0.2) is 11.6 Å². The lowest BCUT2D eigenvalue weighted by molar-refractivity contribution is 0.0595. The third-order valence-electron chi connectivity index (χ3n) is 6.14. The molecule has 0 unspecified atom stereocenters. The first kappa shape index (κ1) is 30.3. The number of ether oxygens (including phenoxy) is 2. The molecule has 2 heterocycles. The summed E-state index contributed by atoms with van der Waals surface area (Å²) in [6.07, 6.45) is 0.400. The Morgan fingerprint density at radius 1 is 1.02 bits per heavy atom. The van der Waals surface area contributed by atoms with Crippen LogP contribution >= 0.6 is 11.3 Å². The topological polar surface area (TPSA) is 101 Å². The molecule has 0 saturated heterocycles. The van der Waals surface area contributed by atoms with Crippen LogP contribution in [-0.4, -0.2) is 24.0 Å². The molecule has 0 bridgehead atoms. The molecule has 216 valence electrons. The van der Waals surface area contributed by atoms with E-state index in [1.807, 2.05) is 13.8 Å². The lowest BCUT2D eigenvalue weighted by Crippen LogP contribution is -2.21. The number of rotatable bonds is 10. The van der Waals surface area contributed by atoms with Crippen molar-refractivity contribution in [3.8, 4) is 22.4 Å². The first-order valence-electron chi connectivity index (χ1n) is 12.9.